The number of hydrogen-bond acceptors (Lipinski definition) is 3. The molecule has 0 bridgehead atoms. The Balaban J connectivity index is 2.80. The first-order chi connectivity index (χ1) is 7.00. The molecular weight excluding hydrogens is 196 g/mol. The van der Waals surface area contributed by atoms with E-state index < -0.39 is 5.97 Å². The Kier molecular flexibility index (Phi) is 3.38. The van der Waals surface area contributed by atoms with Gasteiger partial charge in [-0.1, -0.05) is 0 Å². The Morgan fingerprint density at radius 1 is 1.40 bits per heavy atom. The zero-order valence-electron chi connectivity index (χ0n) is 8.52. The van der Waals surface area contributed by atoms with Crippen molar-refractivity contribution in [3.63, 3.8) is 0 Å². The first kappa shape index (κ1) is 11.2. The third kappa shape index (κ3) is 3.05. The lowest BCUT2D eigenvalue weighted by atomic mass is 10.2. The molecule has 1 aromatic rings. The van der Waals surface area contributed by atoms with E-state index in [0.29, 0.717) is 5.56 Å². The van der Waals surface area contributed by atoms with Crippen molar-refractivity contribution in [1.82, 2.24) is 10.3 Å². The minimum atomic E-state index is -1.11. The fourth-order valence-corrected chi connectivity index (χ4v) is 1.00. The molecule has 5 nitrogen and oxygen atoms in total. The zero-order valence-corrected chi connectivity index (χ0v) is 8.52. The van der Waals surface area contributed by atoms with Gasteiger partial charge < -0.3 is 10.4 Å². The van der Waals surface area contributed by atoms with Crippen LogP contribution in [0.5, 0.6) is 0 Å². The molecule has 2 N–H and O–H groups in total. The quantitative estimate of drug-likeness (QED) is 0.774. The average Bonchev–Trinajstić information content (AvgIpc) is 2.17. The van der Waals surface area contributed by atoms with Crippen LogP contribution in [0.4, 0.5) is 0 Å². The number of nitrogens with one attached hydrogen (secondary N) is 1. The summed E-state index contributed by atoms with van der Waals surface area (Å²) in [5.41, 5.74) is 0.282. The highest BCUT2D eigenvalue weighted by atomic mass is 16.4. The molecule has 0 spiro atoms. The van der Waals surface area contributed by atoms with Gasteiger partial charge in [0.05, 0.1) is 5.56 Å². The summed E-state index contributed by atoms with van der Waals surface area (Å²) < 4.78 is 0. The zero-order chi connectivity index (χ0) is 11.4. The summed E-state index contributed by atoms with van der Waals surface area (Å²) in [6.07, 6.45) is 1.25. The van der Waals surface area contributed by atoms with E-state index in [1.807, 2.05) is 13.8 Å². The van der Waals surface area contributed by atoms with E-state index >= 15 is 0 Å². The number of nitrogens with zero attached hydrogens (tertiary/aromatic N) is 1. The Labute approximate surface area is 87.1 Å². The third-order valence-electron chi connectivity index (χ3n) is 1.66. The predicted molar refractivity (Wildman–Crippen MR) is 53.8 cm³/mol. The lowest BCUT2D eigenvalue weighted by Gasteiger charge is -2.07. The molecule has 0 aromatic carbocycles. The molecule has 1 heterocycles. The fourth-order valence-electron chi connectivity index (χ4n) is 1.00. The Bertz CT molecular complexity index is 371. The van der Waals surface area contributed by atoms with E-state index in [0.717, 1.165) is 0 Å². The maximum atomic E-state index is 11.4. The summed E-state index contributed by atoms with van der Waals surface area (Å²) in [5.74, 6) is -1.36. The number of hydrogen-bond donors (Lipinski definition) is 2. The predicted octanol–water partition coefficient (Wildman–Crippen LogP) is 0.918. The SMILES string of the molecule is CC(C)NC(=O)c1ccc(C(=O)O)nc1. The van der Waals surface area contributed by atoms with Gasteiger partial charge in [0.25, 0.3) is 5.91 Å². The maximum absolute atomic E-state index is 11.4. The van der Waals surface area contributed by atoms with Crippen LogP contribution < -0.4 is 5.32 Å². The van der Waals surface area contributed by atoms with Gasteiger partial charge in [-0.3, -0.25) is 4.79 Å². The van der Waals surface area contributed by atoms with Crippen LogP contribution in [0.15, 0.2) is 18.3 Å². The molecule has 1 aromatic heterocycles. The molecule has 0 saturated carbocycles. The minimum Gasteiger partial charge on any atom is -0.477 e. The summed E-state index contributed by atoms with van der Waals surface area (Å²) in [6.45, 7) is 3.69. The lowest BCUT2D eigenvalue weighted by Crippen LogP contribution is -2.30. The van der Waals surface area contributed by atoms with Crippen LogP contribution in [0.3, 0.4) is 0 Å². The van der Waals surface area contributed by atoms with Gasteiger partial charge in [-0.05, 0) is 26.0 Å². The first-order valence-corrected chi connectivity index (χ1v) is 4.51. The van der Waals surface area contributed by atoms with Gasteiger partial charge in [0.2, 0.25) is 0 Å². The van der Waals surface area contributed by atoms with Crippen LogP contribution in [0.1, 0.15) is 34.7 Å². The summed E-state index contributed by atoms with van der Waals surface area (Å²) >= 11 is 0. The van der Waals surface area contributed by atoms with E-state index in [9.17, 15) is 9.59 Å². The number of aromatic carboxylic acids is 1. The number of rotatable bonds is 3. The van der Waals surface area contributed by atoms with Crippen molar-refractivity contribution < 1.29 is 14.7 Å². The lowest BCUT2D eigenvalue weighted by molar-refractivity contribution is 0.0689. The van der Waals surface area contributed by atoms with Crippen molar-refractivity contribution in [2.45, 2.75) is 19.9 Å². The van der Waals surface area contributed by atoms with E-state index in [-0.39, 0.29) is 17.6 Å². The number of carboxylic acids is 1. The summed E-state index contributed by atoms with van der Waals surface area (Å²) in [5, 5.41) is 11.3. The molecule has 0 fully saturated rings. The molecule has 1 rings (SSSR count). The second-order valence-electron chi connectivity index (χ2n) is 3.37. The van der Waals surface area contributed by atoms with Gasteiger partial charge in [0.1, 0.15) is 5.69 Å². The molecule has 15 heavy (non-hydrogen) atoms. The Morgan fingerprint density at radius 3 is 2.47 bits per heavy atom. The minimum absolute atomic E-state index is 0.0386. The molecule has 0 atom stereocenters. The maximum Gasteiger partial charge on any atom is 0.354 e. The van der Waals surface area contributed by atoms with Crippen LogP contribution in [-0.2, 0) is 0 Å². The number of aromatic nitrogens is 1. The van der Waals surface area contributed by atoms with Gasteiger partial charge in [0.15, 0.2) is 0 Å². The van der Waals surface area contributed by atoms with Crippen molar-refractivity contribution in [2.75, 3.05) is 0 Å². The first-order valence-electron chi connectivity index (χ1n) is 4.51. The molecule has 80 valence electrons. The van der Waals surface area contributed by atoms with E-state index in [4.69, 9.17) is 5.11 Å². The van der Waals surface area contributed by atoms with Crippen LogP contribution in [-0.4, -0.2) is 28.0 Å². The molecule has 0 unspecified atom stereocenters. The molecule has 0 aliphatic carbocycles. The van der Waals surface area contributed by atoms with Crippen molar-refractivity contribution in [3.05, 3.63) is 29.6 Å². The Morgan fingerprint density at radius 2 is 2.07 bits per heavy atom. The highest BCUT2D eigenvalue weighted by molar-refractivity contribution is 5.94. The molecule has 0 saturated heterocycles. The monoisotopic (exact) mass is 208 g/mol. The molecule has 5 heteroatoms. The number of amides is 1. The number of carbonyl (C=O) groups is 2. The van der Waals surface area contributed by atoms with E-state index in [1.54, 1.807) is 0 Å². The summed E-state index contributed by atoms with van der Waals surface area (Å²) in [7, 11) is 0. The highest BCUT2D eigenvalue weighted by Gasteiger charge is 2.09. The summed E-state index contributed by atoms with van der Waals surface area (Å²) in [4.78, 5) is 25.6. The van der Waals surface area contributed by atoms with Gasteiger partial charge in [-0.25, -0.2) is 9.78 Å². The largest absolute Gasteiger partial charge is 0.477 e. The van der Waals surface area contributed by atoms with Crippen LogP contribution >= 0.6 is 0 Å². The number of carbonyl (C=O) groups excluding carboxylic acids is 1. The number of carboxylic acid groups (broad SMARTS) is 1. The van der Waals surface area contributed by atoms with Crippen molar-refractivity contribution in [3.8, 4) is 0 Å². The van der Waals surface area contributed by atoms with Gasteiger partial charge in [0, 0.05) is 12.2 Å². The highest BCUT2D eigenvalue weighted by Crippen LogP contribution is 2.00. The third-order valence-corrected chi connectivity index (χ3v) is 1.66. The number of pyridine rings is 1. The van der Waals surface area contributed by atoms with Crippen molar-refractivity contribution in [2.24, 2.45) is 0 Å². The van der Waals surface area contributed by atoms with Crippen molar-refractivity contribution in [1.29, 1.82) is 0 Å². The average molecular weight is 208 g/mol. The van der Waals surface area contributed by atoms with Gasteiger partial charge in [-0.2, -0.15) is 0 Å². The summed E-state index contributed by atoms with van der Waals surface area (Å²) in [6, 6.07) is 2.78. The molecule has 0 aliphatic rings. The standard InChI is InChI=1S/C10H12N2O3/c1-6(2)12-9(13)7-3-4-8(10(14)15)11-5-7/h3-6H,1-2H3,(H,12,13)(H,14,15). The second kappa shape index (κ2) is 4.54. The van der Waals surface area contributed by atoms with Gasteiger partial charge >= 0.3 is 5.97 Å². The second-order valence-corrected chi connectivity index (χ2v) is 3.37. The topological polar surface area (TPSA) is 79.3 Å². The van der Waals surface area contributed by atoms with Gasteiger partial charge in [-0.15, -0.1) is 0 Å². The van der Waals surface area contributed by atoms with Crippen LogP contribution in [0.25, 0.3) is 0 Å². The molecule has 0 aliphatic heterocycles. The van der Waals surface area contributed by atoms with E-state index in [2.05, 4.69) is 10.3 Å². The fraction of sp³-hybridized carbons (Fsp3) is 0.300. The van der Waals surface area contributed by atoms with E-state index in [1.165, 1.54) is 18.3 Å². The van der Waals surface area contributed by atoms with Crippen LogP contribution in [0, 0.1) is 0 Å². The van der Waals surface area contributed by atoms with Crippen molar-refractivity contribution >= 4 is 11.9 Å². The normalized spacial score (nSPS) is 10.1. The molecule has 1 amide bonds. The molecule has 0 radical (unpaired) electrons. The smallest absolute Gasteiger partial charge is 0.354 e. The molecular formula is C10H12N2O3. The van der Waals surface area contributed by atoms with Crippen LogP contribution in [0.2, 0.25) is 0 Å². The Hall–Kier alpha value is -1.91.